The topological polar surface area (TPSA) is 55.2 Å². The molecule has 2 rings (SSSR count). The molecule has 1 atom stereocenters. The van der Waals surface area contributed by atoms with Crippen molar-refractivity contribution < 1.29 is 9.31 Å². The number of anilines is 1. The molecular formula is C16H17FN2O2. The van der Waals surface area contributed by atoms with Gasteiger partial charge in [-0.2, -0.15) is 0 Å². The molecule has 0 aliphatic rings. The first kappa shape index (κ1) is 15.0. The summed E-state index contributed by atoms with van der Waals surface area (Å²) in [5.41, 5.74) is 2.92. The first-order valence-electron chi connectivity index (χ1n) is 6.66. The standard InChI is InChI=1S/C16H17FN2O2/c1-10-7-8-13(9-11(10)2)12(3)18-16-14(17)5-4-6-15(16)19(20)21/h4-9,12,18H,1-3H3. The van der Waals surface area contributed by atoms with Crippen LogP contribution in [0.4, 0.5) is 15.8 Å². The molecule has 0 amide bonds. The highest BCUT2D eigenvalue weighted by Gasteiger charge is 2.19. The molecule has 0 aromatic heterocycles. The van der Waals surface area contributed by atoms with E-state index in [1.54, 1.807) is 0 Å². The van der Waals surface area contributed by atoms with Crippen LogP contribution in [0.3, 0.4) is 0 Å². The Kier molecular flexibility index (Phi) is 4.21. The summed E-state index contributed by atoms with van der Waals surface area (Å²) in [6.45, 7) is 5.86. The van der Waals surface area contributed by atoms with Crippen LogP contribution in [0.25, 0.3) is 0 Å². The molecule has 21 heavy (non-hydrogen) atoms. The van der Waals surface area contributed by atoms with Crippen molar-refractivity contribution in [2.24, 2.45) is 0 Å². The first-order chi connectivity index (χ1) is 9.90. The van der Waals surface area contributed by atoms with Crippen LogP contribution in [0.15, 0.2) is 36.4 Å². The summed E-state index contributed by atoms with van der Waals surface area (Å²) in [7, 11) is 0. The molecule has 2 aromatic carbocycles. The van der Waals surface area contributed by atoms with Crippen molar-refractivity contribution in [3.05, 3.63) is 69.0 Å². The van der Waals surface area contributed by atoms with Crippen LogP contribution >= 0.6 is 0 Å². The van der Waals surface area contributed by atoms with Gasteiger partial charge in [0.05, 0.1) is 4.92 Å². The minimum Gasteiger partial charge on any atom is -0.371 e. The van der Waals surface area contributed by atoms with Crippen molar-refractivity contribution in [2.45, 2.75) is 26.8 Å². The lowest BCUT2D eigenvalue weighted by Gasteiger charge is -2.17. The molecule has 0 aliphatic carbocycles. The summed E-state index contributed by atoms with van der Waals surface area (Å²) in [6, 6.07) is 9.52. The predicted octanol–water partition coefficient (Wildman–Crippen LogP) is 4.52. The minimum atomic E-state index is -0.625. The van der Waals surface area contributed by atoms with Crippen LogP contribution in [0.2, 0.25) is 0 Å². The van der Waals surface area contributed by atoms with E-state index in [9.17, 15) is 14.5 Å². The summed E-state index contributed by atoms with van der Waals surface area (Å²) < 4.78 is 13.9. The van der Waals surface area contributed by atoms with E-state index in [2.05, 4.69) is 5.32 Å². The van der Waals surface area contributed by atoms with Gasteiger partial charge in [0.2, 0.25) is 0 Å². The average Bonchev–Trinajstić information content (AvgIpc) is 2.43. The van der Waals surface area contributed by atoms with Gasteiger partial charge in [0, 0.05) is 12.1 Å². The zero-order valence-electron chi connectivity index (χ0n) is 12.2. The van der Waals surface area contributed by atoms with Gasteiger partial charge in [-0.25, -0.2) is 4.39 Å². The highest BCUT2D eigenvalue weighted by Crippen LogP contribution is 2.30. The number of para-hydroxylation sites is 1. The molecule has 0 heterocycles. The van der Waals surface area contributed by atoms with Crippen molar-refractivity contribution in [2.75, 3.05) is 5.32 Å². The number of nitrogens with one attached hydrogen (secondary N) is 1. The molecule has 0 fully saturated rings. The minimum absolute atomic E-state index is 0.0757. The number of nitro groups is 1. The normalized spacial score (nSPS) is 12.0. The molecule has 0 aliphatic heterocycles. The van der Waals surface area contributed by atoms with E-state index in [1.165, 1.54) is 23.8 Å². The Labute approximate surface area is 122 Å². The number of nitro benzene ring substituents is 1. The van der Waals surface area contributed by atoms with E-state index in [0.717, 1.165) is 11.1 Å². The van der Waals surface area contributed by atoms with Gasteiger partial charge in [-0.1, -0.05) is 24.3 Å². The third-order valence-electron chi connectivity index (χ3n) is 3.58. The third kappa shape index (κ3) is 3.18. The molecule has 2 aromatic rings. The lowest BCUT2D eigenvalue weighted by Crippen LogP contribution is -2.10. The molecule has 0 saturated heterocycles. The zero-order chi connectivity index (χ0) is 15.6. The van der Waals surface area contributed by atoms with Gasteiger partial charge in [-0.05, 0) is 43.5 Å². The number of benzene rings is 2. The van der Waals surface area contributed by atoms with Crippen molar-refractivity contribution >= 4 is 11.4 Å². The largest absolute Gasteiger partial charge is 0.371 e. The SMILES string of the molecule is Cc1ccc(C(C)Nc2c(F)cccc2[N+](=O)[O-])cc1C. The van der Waals surface area contributed by atoms with E-state index in [0.29, 0.717) is 0 Å². The first-order valence-corrected chi connectivity index (χ1v) is 6.66. The Bertz CT molecular complexity index is 686. The van der Waals surface area contributed by atoms with Gasteiger partial charge in [0.15, 0.2) is 5.82 Å². The summed E-state index contributed by atoms with van der Waals surface area (Å²) in [6.07, 6.45) is 0. The lowest BCUT2D eigenvalue weighted by molar-refractivity contribution is -0.384. The average molecular weight is 288 g/mol. The van der Waals surface area contributed by atoms with E-state index in [-0.39, 0.29) is 17.4 Å². The van der Waals surface area contributed by atoms with Crippen molar-refractivity contribution in [1.82, 2.24) is 0 Å². The predicted molar refractivity (Wildman–Crippen MR) is 81.0 cm³/mol. The van der Waals surface area contributed by atoms with Gasteiger partial charge in [0.1, 0.15) is 5.69 Å². The number of aryl methyl sites for hydroxylation is 2. The Balaban J connectivity index is 2.33. The lowest BCUT2D eigenvalue weighted by atomic mass is 10.0. The maximum Gasteiger partial charge on any atom is 0.295 e. The van der Waals surface area contributed by atoms with Crippen LogP contribution in [0.1, 0.15) is 29.7 Å². The summed E-state index contributed by atoms with van der Waals surface area (Å²) in [5, 5.41) is 13.9. The Morgan fingerprint density at radius 1 is 1.19 bits per heavy atom. The Morgan fingerprint density at radius 2 is 1.90 bits per heavy atom. The highest BCUT2D eigenvalue weighted by molar-refractivity contribution is 5.63. The monoisotopic (exact) mass is 288 g/mol. The Hall–Kier alpha value is -2.43. The van der Waals surface area contributed by atoms with Crippen LogP contribution in [0, 0.1) is 29.8 Å². The van der Waals surface area contributed by atoms with Gasteiger partial charge >= 0.3 is 0 Å². The number of halogens is 1. The fourth-order valence-electron chi connectivity index (χ4n) is 2.14. The van der Waals surface area contributed by atoms with Crippen molar-refractivity contribution in [3.63, 3.8) is 0 Å². The second-order valence-corrected chi connectivity index (χ2v) is 5.10. The smallest absolute Gasteiger partial charge is 0.295 e. The molecule has 4 nitrogen and oxygen atoms in total. The van der Waals surface area contributed by atoms with Crippen molar-refractivity contribution in [1.29, 1.82) is 0 Å². The quantitative estimate of drug-likeness (QED) is 0.664. The molecule has 110 valence electrons. The van der Waals surface area contributed by atoms with Crippen molar-refractivity contribution in [3.8, 4) is 0 Å². The van der Waals surface area contributed by atoms with Crippen LogP contribution in [0.5, 0.6) is 0 Å². The van der Waals surface area contributed by atoms with E-state index < -0.39 is 10.7 Å². The van der Waals surface area contributed by atoms with Crippen LogP contribution < -0.4 is 5.32 Å². The van der Waals surface area contributed by atoms with Crippen LogP contribution in [-0.2, 0) is 0 Å². The molecule has 0 bridgehead atoms. The summed E-state index contributed by atoms with van der Waals surface area (Å²) >= 11 is 0. The number of hydrogen-bond acceptors (Lipinski definition) is 3. The fourth-order valence-corrected chi connectivity index (χ4v) is 2.14. The maximum absolute atomic E-state index is 13.9. The maximum atomic E-state index is 13.9. The molecule has 1 unspecified atom stereocenters. The molecule has 1 N–H and O–H groups in total. The zero-order valence-corrected chi connectivity index (χ0v) is 12.2. The van der Waals surface area contributed by atoms with E-state index in [1.807, 2.05) is 39.0 Å². The number of rotatable bonds is 4. The van der Waals surface area contributed by atoms with Gasteiger partial charge in [-0.15, -0.1) is 0 Å². The third-order valence-corrected chi connectivity index (χ3v) is 3.58. The molecule has 5 heteroatoms. The van der Waals surface area contributed by atoms with Crippen LogP contribution in [-0.4, -0.2) is 4.92 Å². The number of hydrogen-bond donors (Lipinski definition) is 1. The van der Waals surface area contributed by atoms with Gasteiger partial charge in [-0.3, -0.25) is 10.1 Å². The van der Waals surface area contributed by atoms with E-state index >= 15 is 0 Å². The second-order valence-electron chi connectivity index (χ2n) is 5.10. The summed E-state index contributed by atoms with van der Waals surface area (Å²) in [5.74, 6) is -0.625. The summed E-state index contributed by atoms with van der Waals surface area (Å²) in [4.78, 5) is 10.4. The van der Waals surface area contributed by atoms with Gasteiger partial charge < -0.3 is 5.32 Å². The fraction of sp³-hybridized carbons (Fsp3) is 0.250. The van der Waals surface area contributed by atoms with E-state index in [4.69, 9.17) is 0 Å². The number of nitrogens with zero attached hydrogens (tertiary/aromatic N) is 1. The second kappa shape index (κ2) is 5.91. The Morgan fingerprint density at radius 3 is 2.52 bits per heavy atom. The molecular weight excluding hydrogens is 271 g/mol. The molecule has 0 spiro atoms. The van der Waals surface area contributed by atoms with Gasteiger partial charge in [0.25, 0.3) is 5.69 Å². The molecule has 0 radical (unpaired) electrons. The highest BCUT2D eigenvalue weighted by atomic mass is 19.1. The molecule has 0 saturated carbocycles.